The van der Waals surface area contributed by atoms with E-state index < -0.39 is 90.3 Å². The number of nitrogens with two attached hydrogens (primary N) is 1. The van der Waals surface area contributed by atoms with Gasteiger partial charge in [0, 0.05) is 45.4 Å². The number of likely N-dealkylation sites (tertiary alicyclic amines) is 1. The molecule has 0 aliphatic carbocycles. The minimum atomic E-state index is -5.36. The number of carbonyl (C=O) groups excluding carboxylic acids is 8. The van der Waals surface area contributed by atoms with Gasteiger partial charge in [0.25, 0.3) is 0 Å². The zero-order chi connectivity index (χ0) is 52.8. The molecule has 5 atom stereocenters. The summed E-state index contributed by atoms with van der Waals surface area (Å²) < 4.78 is 44.2. The molecule has 4 aromatic rings. The molecule has 394 valence electrons. The predicted octanol–water partition coefficient (Wildman–Crippen LogP) is 2.57. The van der Waals surface area contributed by atoms with Crippen LogP contribution < -0.4 is 32.7 Å². The van der Waals surface area contributed by atoms with E-state index in [2.05, 4.69) is 20.9 Å². The molecule has 0 saturated carbocycles. The second-order valence-corrected chi connectivity index (χ2v) is 19.6. The van der Waals surface area contributed by atoms with E-state index in [9.17, 15) is 56.3 Å². The summed E-state index contributed by atoms with van der Waals surface area (Å²) in [6.45, 7) is 1.43. The maximum absolute atomic E-state index is 14.4. The molecule has 8 amide bonds. The predicted molar refractivity (Wildman–Crippen MR) is 262 cm³/mol. The van der Waals surface area contributed by atoms with E-state index in [1.54, 1.807) is 36.6 Å². The Morgan fingerprint density at radius 1 is 0.797 bits per heavy atom. The Morgan fingerprint density at radius 3 is 2.11 bits per heavy atom. The van der Waals surface area contributed by atoms with Crippen molar-refractivity contribution in [2.75, 3.05) is 32.7 Å². The number of amides is 8. The Labute approximate surface area is 424 Å². The summed E-state index contributed by atoms with van der Waals surface area (Å²) in [4.78, 5) is 123. The molecule has 1 unspecified atom stereocenters. The van der Waals surface area contributed by atoms with Crippen molar-refractivity contribution in [3.05, 3.63) is 106 Å². The van der Waals surface area contributed by atoms with Crippen LogP contribution in [0.15, 0.2) is 83.7 Å². The molecule has 3 aromatic carbocycles. The number of hydrogen-bond donors (Lipinski definition) is 5. The highest BCUT2D eigenvalue weighted by atomic mass is 19.4. The van der Waals surface area contributed by atoms with Crippen LogP contribution in [0.25, 0.3) is 11.0 Å². The number of halogens is 3. The second kappa shape index (κ2) is 22.8. The van der Waals surface area contributed by atoms with Crippen molar-refractivity contribution < 1.29 is 51.5 Å². The van der Waals surface area contributed by atoms with Gasteiger partial charge in [0.15, 0.2) is 0 Å². The number of aryl methyl sites for hydroxylation is 1. The molecule has 4 aliphatic heterocycles. The van der Waals surface area contributed by atoms with Crippen molar-refractivity contribution >= 4 is 58.3 Å². The molecule has 0 radical (unpaired) electrons. The third kappa shape index (κ3) is 12.0. The summed E-state index contributed by atoms with van der Waals surface area (Å²) >= 11 is 0. The van der Waals surface area contributed by atoms with Crippen LogP contribution in [-0.2, 0) is 45.4 Å². The molecule has 1 aromatic heterocycles. The van der Waals surface area contributed by atoms with E-state index in [-0.39, 0.29) is 75.4 Å². The van der Waals surface area contributed by atoms with E-state index in [1.807, 2.05) is 54.6 Å². The number of rotatable bonds is 16. The average Bonchev–Trinajstić information content (AvgIpc) is 3.91. The summed E-state index contributed by atoms with van der Waals surface area (Å²) in [5.74, 6) is -6.63. The zero-order valence-electron chi connectivity index (χ0n) is 41.0. The lowest BCUT2D eigenvalue weighted by Gasteiger charge is -2.39. The number of benzene rings is 3. The zero-order valence-corrected chi connectivity index (χ0v) is 41.0. The number of carbonyl (C=O) groups is 8. The van der Waals surface area contributed by atoms with Crippen molar-refractivity contribution in [3.8, 4) is 0 Å². The Hall–Kier alpha value is -7.36. The van der Waals surface area contributed by atoms with Gasteiger partial charge in [-0.15, -0.1) is 0 Å². The van der Waals surface area contributed by atoms with E-state index in [1.165, 1.54) is 18.9 Å². The van der Waals surface area contributed by atoms with E-state index in [0.29, 0.717) is 37.1 Å². The summed E-state index contributed by atoms with van der Waals surface area (Å²) in [6.07, 6.45) is -2.95. The first-order valence-electron chi connectivity index (χ1n) is 25.1. The van der Waals surface area contributed by atoms with Crippen LogP contribution in [0.4, 0.5) is 13.2 Å². The maximum Gasteiger partial charge on any atom is 0.471 e. The van der Waals surface area contributed by atoms with Gasteiger partial charge in [-0.25, -0.2) is 4.79 Å². The Balaban J connectivity index is 0.889. The van der Waals surface area contributed by atoms with Crippen molar-refractivity contribution in [2.45, 2.75) is 119 Å². The first kappa shape index (κ1) is 52.9. The maximum atomic E-state index is 14.4. The van der Waals surface area contributed by atoms with Gasteiger partial charge in [0.1, 0.15) is 24.2 Å². The molecule has 4 saturated heterocycles. The summed E-state index contributed by atoms with van der Waals surface area (Å²) in [5, 5.41) is 9.76. The number of alkyl halides is 3. The molecule has 5 heterocycles. The van der Waals surface area contributed by atoms with Gasteiger partial charge in [-0.3, -0.25) is 52.8 Å². The first-order chi connectivity index (χ1) is 35.4. The lowest BCUT2D eigenvalue weighted by atomic mass is 9.89. The third-order valence-corrected chi connectivity index (χ3v) is 14.8. The van der Waals surface area contributed by atoms with Crippen LogP contribution >= 0.6 is 0 Å². The summed E-state index contributed by atoms with van der Waals surface area (Å²) in [7, 11) is 1.65. The molecule has 0 bridgehead atoms. The fourth-order valence-electron chi connectivity index (χ4n) is 10.9. The molecule has 8 rings (SSSR count). The topological polar surface area (TPSA) is 247 Å². The van der Waals surface area contributed by atoms with Crippen LogP contribution in [0.2, 0.25) is 0 Å². The molecule has 19 nitrogen and oxygen atoms in total. The van der Waals surface area contributed by atoms with E-state index >= 15 is 0 Å². The second-order valence-electron chi connectivity index (χ2n) is 19.6. The SMILES string of the molecule is Cn1c(=O)n(C2CCC(=O)NC2=O)c2ccc(C3CCN(CCCC(=O)N4CC[C@H]5CC[C@@H](C(=O)N[C@@H](CCC(N)=O)C(=O)NC(c6ccccc6)c6ccccc6)N5C(=O)[C@@H](NC(=O)C(F)(F)F)C4)CC3)cc21. The fourth-order valence-corrected chi connectivity index (χ4v) is 10.9. The van der Waals surface area contributed by atoms with E-state index in [4.69, 9.17) is 5.73 Å². The lowest BCUT2D eigenvalue weighted by Crippen LogP contribution is -2.63. The largest absolute Gasteiger partial charge is 0.471 e. The first-order valence-corrected chi connectivity index (χ1v) is 25.1. The summed E-state index contributed by atoms with van der Waals surface area (Å²) in [5.41, 5.74) is 8.90. The highest BCUT2D eigenvalue weighted by Gasteiger charge is 2.48. The number of hydrogen-bond acceptors (Lipinski definition) is 10. The van der Waals surface area contributed by atoms with Crippen LogP contribution in [0.3, 0.4) is 0 Å². The monoisotopic (exact) mass is 1030 g/mol. The highest BCUT2D eigenvalue weighted by molar-refractivity contribution is 6.00. The van der Waals surface area contributed by atoms with Crippen LogP contribution in [0.5, 0.6) is 0 Å². The van der Waals surface area contributed by atoms with Gasteiger partial charge < -0.3 is 36.4 Å². The molecule has 4 fully saturated rings. The van der Waals surface area contributed by atoms with Crippen molar-refractivity contribution in [1.29, 1.82) is 0 Å². The van der Waals surface area contributed by atoms with Crippen molar-refractivity contribution in [3.63, 3.8) is 0 Å². The Morgan fingerprint density at radius 2 is 1.47 bits per heavy atom. The molecule has 6 N–H and O–H groups in total. The van der Waals surface area contributed by atoms with Gasteiger partial charge in [-0.05, 0) is 106 Å². The number of aromatic nitrogens is 2. The number of imide groups is 1. The van der Waals surface area contributed by atoms with Crippen LogP contribution in [0.1, 0.15) is 105 Å². The van der Waals surface area contributed by atoms with Gasteiger partial charge in [0.05, 0.1) is 17.1 Å². The molecule has 22 heteroatoms. The number of nitrogens with one attached hydrogen (secondary N) is 4. The highest BCUT2D eigenvalue weighted by Crippen LogP contribution is 2.33. The number of imidazole rings is 1. The third-order valence-electron chi connectivity index (χ3n) is 14.8. The number of primary amides is 1. The fraction of sp³-hybridized carbons (Fsp3) is 0.481. The number of piperidine rings is 2. The molecular formula is C52H61F3N10O9. The minimum Gasteiger partial charge on any atom is -0.370 e. The number of nitrogens with zero attached hydrogens (tertiary/aromatic N) is 5. The number of fused-ring (bicyclic) bond motifs is 2. The average molecular weight is 1030 g/mol. The molecule has 0 spiro atoms. The van der Waals surface area contributed by atoms with Gasteiger partial charge in [-0.1, -0.05) is 66.7 Å². The molecule has 74 heavy (non-hydrogen) atoms. The van der Waals surface area contributed by atoms with Crippen molar-refractivity contribution in [1.82, 2.24) is 45.1 Å². The van der Waals surface area contributed by atoms with Gasteiger partial charge >= 0.3 is 17.8 Å². The van der Waals surface area contributed by atoms with Crippen LogP contribution in [0, 0.1) is 0 Å². The Kier molecular flexibility index (Phi) is 16.3. The van der Waals surface area contributed by atoms with Gasteiger partial charge in [0.2, 0.25) is 41.4 Å². The standard InChI is InChI=1S/C52H61F3N10O9/c1-61-41-29-34(14-17-38(41)65(51(61)74)40-19-21-43(67)59-48(40)71)31-22-26-62(27-23-31)25-8-13-44(68)63-28-24-35-15-18-39(64(35)49(72)37(30-63)58-50(73)52(53,54)55)47(70)57-36(16-20-42(56)66)46(69)60-45(32-9-4-2-5-10-32)33-11-6-3-7-12-33/h2-7,9-12,14,17,29,31,35-37,39-40,45H,8,13,15-16,18-28,30H2,1H3,(H2,56,66)(H,57,70)(H,58,73)(H,60,69)(H,59,67,71)/t35-,36+,37+,39+,40?/m1/s1. The van der Waals surface area contributed by atoms with Crippen LogP contribution in [-0.4, -0.2) is 134 Å². The molecule has 4 aliphatic rings. The van der Waals surface area contributed by atoms with E-state index in [0.717, 1.165) is 29.5 Å². The quantitative estimate of drug-likeness (QED) is 0.103. The minimum absolute atomic E-state index is 0.0203. The smallest absolute Gasteiger partial charge is 0.370 e. The van der Waals surface area contributed by atoms with Gasteiger partial charge in [-0.2, -0.15) is 13.2 Å². The molecular weight excluding hydrogens is 966 g/mol. The summed E-state index contributed by atoms with van der Waals surface area (Å²) in [6, 6.07) is 17.3. The Bertz CT molecular complexity index is 2790. The van der Waals surface area contributed by atoms with Crippen molar-refractivity contribution in [2.24, 2.45) is 12.8 Å². The normalized spacial score (nSPS) is 21.4. The lowest BCUT2D eigenvalue weighted by molar-refractivity contribution is -0.175.